The highest BCUT2D eigenvalue weighted by molar-refractivity contribution is 5.76. The third-order valence-corrected chi connectivity index (χ3v) is 2.77. The Morgan fingerprint density at radius 1 is 1.44 bits per heavy atom. The first-order valence-electron chi connectivity index (χ1n) is 5.76. The van der Waals surface area contributed by atoms with E-state index in [9.17, 15) is 18.0 Å². The number of halogens is 3. The maximum absolute atomic E-state index is 11.7. The molecule has 0 spiro atoms. The molecule has 0 radical (unpaired) electrons. The molecule has 0 aromatic rings. The van der Waals surface area contributed by atoms with E-state index in [0.717, 1.165) is 19.3 Å². The lowest BCUT2D eigenvalue weighted by molar-refractivity contribution is -0.174. The summed E-state index contributed by atoms with van der Waals surface area (Å²) in [6.45, 7) is -1.61. The normalized spacial score (nSPS) is 23.7. The average Bonchev–Trinajstić information content (AvgIpc) is 2.70. The van der Waals surface area contributed by atoms with Crippen molar-refractivity contribution in [2.45, 2.75) is 37.9 Å². The van der Waals surface area contributed by atoms with Crippen molar-refractivity contribution in [2.75, 3.05) is 13.2 Å². The van der Waals surface area contributed by atoms with Gasteiger partial charge in [0.1, 0.15) is 6.61 Å². The summed E-state index contributed by atoms with van der Waals surface area (Å²) in [5.41, 5.74) is 0. The molecule has 1 amide bonds. The Morgan fingerprint density at radius 2 is 2.17 bits per heavy atom. The number of nitriles is 1. The Bertz CT molecular complexity index is 325. The number of alkyl halides is 3. The number of carbonyl (C=O) groups is 1. The van der Waals surface area contributed by atoms with Gasteiger partial charge in [-0.2, -0.15) is 18.4 Å². The summed E-state index contributed by atoms with van der Waals surface area (Å²) in [7, 11) is 0. The minimum absolute atomic E-state index is 0.120. The number of rotatable bonds is 5. The highest BCUT2D eigenvalue weighted by Crippen LogP contribution is 2.24. The molecule has 4 nitrogen and oxygen atoms in total. The predicted molar refractivity (Wildman–Crippen MR) is 56.4 cm³/mol. The standard InChI is InChI=1S/C11H15F3N2O2/c12-11(13,14)7-18-5-4-10(17)16-9-3-1-2-8(9)6-15/h8-9H,1-5,7H2,(H,16,17). The van der Waals surface area contributed by atoms with Crippen LogP contribution in [0.1, 0.15) is 25.7 Å². The topological polar surface area (TPSA) is 62.1 Å². The number of carbonyl (C=O) groups excluding carboxylic acids is 1. The lowest BCUT2D eigenvalue weighted by atomic mass is 10.1. The fourth-order valence-electron chi connectivity index (χ4n) is 1.92. The van der Waals surface area contributed by atoms with Gasteiger partial charge in [0.2, 0.25) is 5.91 Å². The molecule has 102 valence electrons. The van der Waals surface area contributed by atoms with Gasteiger partial charge in [-0.25, -0.2) is 0 Å². The number of hydrogen-bond acceptors (Lipinski definition) is 3. The highest BCUT2D eigenvalue weighted by atomic mass is 19.4. The Kier molecular flexibility index (Phi) is 5.41. The minimum atomic E-state index is -4.37. The molecule has 7 heteroatoms. The zero-order valence-corrected chi connectivity index (χ0v) is 9.79. The van der Waals surface area contributed by atoms with Gasteiger partial charge in [0, 0.05) is 12.5 Å². The van der Waals surface area contributed by atoms with Crippen LogP contribution in [-0.2, 0) is 9.53 Å². The second kappa shape index (κ2) is 6.59. The van der Waals surface area contributed by atoms with Crippen molar-refractivity contribution in [3.8, 4) is 6.07 Å². The van der Waals surface area contributed by atoms with Gasteiger partial charge in [-0.15, -0.1) is 0 Å². The summed E-state index contributed by atoms with van der Waals surface area (Å²) in [6, 6.07) is 1.94. The summed E-state index contributed by atoms with van der Waals surface area (Å²) >= 11 is 0. The molecule has 2 unspecified atom stereocenters. The van der Waals surface area contributed by atoms with Gasteiger partial charge in [-0.3, -0.25) is 4.79 Å². The first kappa shape index (κ1) is 14.8. The average molecular weight is 264 g/mol. The lowest BCUT2D eigenvalue weighted by Gasteiger charge is -2.15. The Balaban J connectivity index is 2.16. The number of ether oxygens (including phenoxy) is 1. The van der Waals surface area contributed by atoms with Crippen LogP contribution in [0.5, 0.6) is 0 Å². The van der Waals surface area contributed by atoms with E-state index in [1.807, 2.05) is 0 Å². The van der Waals surface area contributed by atoms with E-state index in [1.54, 1.807) is 0 Å². The van der Waals surface area contributed by atoms with Crippen molar-refractivity contribution < 1.29 is 22.7 Å². The van der Waals surface area contributed by atoms with Gasteiger partial charge in [0.05, 0.1) is 18.6 Å². The monoisotopic (exact) mass is 264 g/mol. The smallest absolute Gasteiger partial charge is 0.372 e. The van der Waals surface area contributed by atoms with Crippen molar-refractivity contribution in [2.24, 2.45) is 5.92 Å². The molecule has 0 aromatic carbocycles. The van der Waals surface area contributed by atoms with Crippen LogP contribution in [0.15, 0.2) is 0 Å². The molecule has 0 saturated heterocycles. The zero-order chi connectivity index (χ0) is 13.6. The van der Waals surface area contributed by atoms with Gasteiger partial charge in [-0.05, 0) is 19.3 Å². The zero-order valence-electron chi connectivity index (χ0n) is 9.79. The van der Waals surface area contributed by atoms with Crippen LogP contribution >= 0.6 is 0 Å². The van der Waals surface area contributed by atoms with Crippen LogP contribution in [0.4, 0.5) is 13.2 Å². The van der Waals surface area contributed by atoms with Crippen molar-refractivity contribution in [1.29, 1.82) is 5.26 Å². The lowest BCUT2D eigenvalue weighted by Crippen LogP contribution is -2.37. The quantitative estimate of drug-likeness (QED) is 0.770. The molecule has 0 bridgehead atoms. The van der Waals surface area contributed by atoms with Crippen LogP contribution in [0, 0.1) is 17.2 Å². The molecule has 1 fully saturated rings. The van der Waals surface area contributed by atoms with Gasteiger partial charge in [0.25, 0.3) is 0 Å². The first-order chi connectivity index (χ1) is 8.42. The van der Waals surface area contributed by atoms with Crippen LogP contribution in [-0.4, -0.2) is 31.3 Å². The third kappa shape index (κ3) is 5.36. The molecule has 1 saturated carbocycles. The molecule has 0 aliphatic heterocycles. The molecule has 1 aliphatic rings. The number of nitrogens with zero attached hydrogens (tertiary/aromatic N) is 1. The first-order valence-corrected chi connectivity index (χ1v) is 5.76. The SMILES string of the molecule is N#CC1CCCC1NC(=O)CCOCC(F)(F)F. The van der Waals surface area contributed by atoms with Crippen molar-refractivity contribution in [3.05, 3.63) is 0 Å². The molecular formula is C11H15F3N2O2. The molecule has 1 N–H and O–H groups in total. The Hall–Kier alpha value is -1.29. The van der Waals surface area contributed by atoms with Crippen LogP contribution < -0.4 is 5.32 Å². The second-order valence-electron chi connectivity index (χ2n) is 4.26. The largest absolute Gasteiger partial charge is 0.411 e. The van der Waals surface area contributed by atoms with Crippen LogP contribution in [0.25, 0.3) is 0 Å². The summed E-state index contributed by atoms with van der Waals surface area (Å²) in [4.78, 5) is 11.4. The number of hydrogen-bond donors (Lipinski definition) is 1. The highest BCUT2D eigenvalue weighted by Gasteiger charge is 2.29. The molecular weight excluding hydrogens is 249 g/mol. The molecule has 1 rings (SSSR count). The number of amides is 1. The van der Waals surface area contributed by atoms with E-state index in [1.165, 1.54) is 0 Å². The van der Waals surface area contributed by atoms with Gasteiger partial charge in [-0.1, -0.05) is 0 Å². The van der Waals surface area contributed by atoms with E-state index < -0.39 is 12.8 Å². The molecule has 0 heterocycles. The van der Waals surface area contributed by atoms with Crippen molar-refractivity contribution in [1.82, 2.24) is 5.32 Å². The van der Waals surface area contributed by atoms with Crippen LogP contribution in [0.3, 0.4) is 0 Å². The van der Waals surface area contributed by atoms with Crippen LogP contribution in [0.2, 0.25) is 0 Å². The molecule has 18 heavy (non-hydrogen) atoms. The third-order valence-electron chi connectivity index (χ3n) is 2.77. The summed E-state index contributed by atoms with van der Waals surface area (Å²) in [5.74, 6) is -0.561. The predicted octanol–water partition coefficient (Wildman–Crippen LogP) is 1.76. The van der Waals surface area contributed by atoms with Gasteiger partial charge < -0.3 is 10.1 Å². The maximum Gasteiger partial charge on any atom is 0.411 e. The van der Waals surface area contributed by atoms with Crippen molar-refractivity contribution in [3.63, 3.8) is 0 Å². The molecule has 0 aromatic heterocycles. The molecule has 2 atom stereocenters. The fraction of sp³-hybridized carbons (Fsp3) is 0.818. The van der Waals surface area contributed by atoms with E-state index in [-0.39, 0.29) is 30.9 Å². The summed E-state index contributed by atoms with van der Waals surface area (Å²) in [5, 5.41) is 11.5. The second-order valence-corrected chi connectivity index (χ2v) is 4.26. The van der Waals surface area contributed by atoms with E-state index >= 15 is 0 Å². The Morgan fingerprint density at radius 3 is 2.78 bits per heavy atom. The number of nitrogens with one attached hydrogen (secondary N) is 1. The van der Waals surface area contributed by atoms with E-state index in [2.05, 4.69) is 16.1 Å². The van der Waals surface area contributed by atoms with E-state index in [0.29, 0.717) is 0 Å². The summed E-state index contributed by atoms with van der Waals surface area (Å²) < 4.78 is 39.6. The maximum atomic E-state index is 11.7. The van der Waals surface area contributed by atoms with Gasteiger partial charge in [0.15, 0.2) is 0 Å². The minimum Gasteiger partial charge on any atom is -0.372 e. The molecule has 1 aliphatic carbocycles. The summed E-state index contributed by atoms with van der Waals surface area (Å²) in [6.07, 6.45) is -2.11. The fourth-order valence-corrected chi connectivity index (χ4v) is 1.92. The van der Waals surface area contributed by atoms with Crippen molar-refractivity contribution >= 4 is 5.91 Å². The Labute approximate surface area is 103 Å². The van der Waals surface area contributed by atoms with E-state index in [4.69, 9.17) is 5.26 Å². The van der Waals surface area contributed by atoms with Gasteiger partial charge >= 0.3 is 6.18 Å².